The summed E-state index contributed by atoms with van der Waals surface area (Å²) in [6.07, 6.45) is 6.63. The first-order valence-electron chi connectivity index (χ1n) is 8.17. The first kappa shape index (κ1) is 16.2. The van der Waals surface area contributed by atoms with Gasteiger partial charge in [-0.1, -0.05) is 26.2 Å². The third-order valence-corrected chi connectivity index (χ3v) is 4.80. The highest BCUT2D eigenvalue weighted by molar-refractivity contribution is 5.42. The lowest BCUT2D eigenvalue weighted by molar-refractivity contribution is 0.239. The molecule has 3 atom stereocenters. The second-order valence-corrected chi connectivity index (χ2v) is 6.06. The number of rotatable bonds is 6. The zero-order chi connectivity index (χ0) is 15.2. The molecular formula is C18H29NO2. The Balaban J connectivity index is 2.13. The van der Waals surface area contributed by atoms with Crippen LogP contribution in [0.3, 0.4) is 0 Å². The van der Waals surface area contributed by atoms with Crippen LogP contribution in [-0.2, 0) is 0 Å². The highest BCUT2D eigenvalue weighted by Crippen LogP contribution is 2.32. The van der Waals surface area contributed by atoms with Crippen molar-refractivity contribution in [2.24, 2.45) is 5.92 Å². The minimum absolute atomic E-state index is 0.271. The molecule has 0 radical (unpaired) electrons. The Morgan fingerprint density at radius 1 is 1.19 bits per heavy atom. The molecule has 3 heteroatoms. The van der Waals surface area contributed by atoms with Crippen molar-refractivity contribution in [3.05, 3.63) is 23.8 Å². The largest absolute Gasteiger partial charge is 0.497 e. The van der Waals surface area contributed by atoms with Crippen LogP contribution in [0, 0.1) is 5.92 Å². The number of hydrogen-bond donors (Lipinski definition) is 1. The third kappa shape index (κ3) is 3.91. The van der Waals surface area contributed by atoms with Gasteiger partial charge in [-0.3, -0.25) is 0 Å². The average Bonchev–Trinajstić information content (AvgIpc) is 2.54. The molecule has 1 fully saturated rings. The zero-order valence-corrected chi connectivity index (χ0v) is 13.8. The summed E-state index contributed by atoms with van der Waals surface area (Å²) in [6, 6.07) is 6.91. The number of ether oxygens (including phenoxy) is 2. The molecule has 3 unspecified atom stereocenters. The number of nitrogens with one attached hydrogen (secondary N) is 1. The molecule has 1 aromatic carbocycles. The lowest BCUT2D eigenvalue weighted by Crippen LogP contribution is -2.39. The topological polar surface area (TPSA) is 30.5 Å². The van der Waals surface area contributed by atoms with Gasteiger partial charge in [0.05, 0.1) is 14.2 Å². The van der Waals surface area contributed by atoms with E-state index >= 15 is 0 Å². The molecule has 0 aromatic heterocycles. The van der Waals surface area contributed by atoms with E-state index in [0.29, 0.717) is 6.04 Å². The second-order valence-electron chi connectivity index (χ2n) is 6.06. The van der Waals surface area contributed by atoms with Gasteiger partial charge in [0, 0.05) is 17.6 Å². The van der Waals surface area contributed by atoms with E-state index < -0.39 is 0 Å². The quantitative estimate of drug-likeness (QED) is 0.846. The van der Waals surface area contributed by atoms with Crippen molar-refractivity contribution in [1.82, 2.24) is 5.32 Å². The molecule has 2 rings (SSSR count). The predicted molar refractivity (Wildman–Crippen MR) is 87.1 cm³/mol. The summed E-state index contributed by atoms with van der Waals surface area (Å²) in [4.78, 5) is 0. The van der Waals surface area contributed by atoms with E-state index in [0.717, 1.165) is 17.4 Å². The van der Waals surface area contributed by atoms with Crippen LogP contribution in [0.2, 0.25) is 0 Å². The molecule has 0 bridgehead atoms. The third-order valence-electron chi connectivity index (χ3n) is 4.80. The van der Waals surface area contributed by atoms with Crippen LogP contribution >= 0.6 is 0 Å². The highest BCUT2D eigenvalue weighted by atomic mass is 16.5. The Morgan fingerprint density at radius 2 is 1.95 bits per heavy atom. The molecule has 21 heavy (non-hydrogen) atoms. The number of hydrogen-bond acceptors (Lipinski definition) is 3. The van der Waals surface area contributed by atoms with Gasteiger partial charge in [0.15, 0.2) is 0 Å². The van der Waals surface area contributed by atoms with E-state index in [9.17, 15) is 0 Å². The van der Waals surface area contributed by atoms with Crippen molar-refractivity contribution in [1.29, 1.82) is 0 Å². The zero-order valence-electron chi connectivity index (χ0n) is 13.8. The van der Waals surface area contributed by atoms with E-state index in [4.69, 9.17) is 9.47 Å². The molecule has 1 aromatic rings. The molecule has 1 aliphatic carbocycles. The fourth-order valence-corrected chi connectivity index (χ4v) is 3.50. The SMILES string of the molecule is CCC1CCCCC1NC(C)c1cc(OC)ccc1OC. The smallest absolute Gasteiger partial charge is 0.123 e. The average molecular weight is 291 g/mol. The van der Waals surface area contributed by atoms with Crippen LogP contribution in [0.25, 0.3) is 0 Å². The van der Waals surface area contributed by atoms with Gasteiger partial charge < -0.3 is 14.8 Å². The van der Waals surface area contributed by atoms with Gasteiger partial charge in [-0.25, -0.2) is 0 Å². The Kier molecular flexibility index (Phi) is 5.92. The normalized spacial score (nSPS) is 23.6. The van der Waals surface area contributed by atoms with Gasteiger partial charge in [0.2, 0.25) is 0 Å². The van der Waals surface area contributed by atoms with Crippen molar-refractivity contribution in [3.63, 3.8) is 0 Å². The molecule has 118 valence electrons. The number of methoxy groups -OCH3 is 2. The Hall–Kier alpha value is -1.22. The van der Waals surface area contributed by atoms with Crippen molar-refractivity contribution in [2.75, 3.05) is 14.2 Å². The molecule has 1 saturated carbocycles. The Bertz CT molecular complexity index is 447. The van der Waals surface area contributed by atoms with Crippen LogP contribution < -0.4 is 14.8 Å². The summed E-state index contributed by atoms with van der Waals surface area (Å²) < 4.78 is 10.9. The molecule has 1 N–H and O–H groups in total. The molecule has 0 saturated heterocycles. The summed E-state index contributed by atoms with van der Waals surface area (Å²) in [5, 5.41) is 3.83. The molecule has 0 amide bonds. The first-order chi connectivity index (χ1) is 10.2. The van der Waals surface area contributed by atoms with Gasteiger partial charge in [-0.15, -0.1) is 0 Å². The predicted octanol–water partition coefficient (Wildman–Crippen LogP) is 4.32. The van der Waals surface area contributed by atoms with E-state index in [2.05, 4.69) is 25.2 Å². The van der Waals surface area contributed by atoms with Gasteiger partial charge in [0.25, 0.3) is 0 Å². The van der Waals surface area contributed by atoms with Gasteiger partial charge >= 0.3 is 0 Å². The number of benzene rings is 1. The maximum atomic E-state index is 5.51. The molecule has 1 aliphatic rings. The minimum atomic E-state index is 0.271. The summed E-state index contributed by atoms with van der Waals surface area (Å²) in [7, 11) is 3.44. The van der Waals surface area contributed by atoms with Crippen molar-refractivity contribution >= 4 is 0 Å². The van der Waals surface area contributed by atoms with Gasteiger partial charge in [-0.2, -0.15) is 0 Å². The van der Waals surface area contributed by atoms with Crippen LogP contribution in [0.4, 0.5) is 0 Å². The van der Waals surface area contributed by atoms with E-state index in [1.165, 1.54) is 37.7 Å². The van der Waals surface area contributed by atoms with E-state index in [-0.39, 0.29) is 6.04 Å². The second kappa shape index (κ2) is 7.69. The maximum Gasteiger partial charge on any atom is 0.123 e. The standard InChI is InChI=1S/C18H29NO2/c1-5-14-8-6-7-9-17(14)19-13(2)16-12-15(20-3)10-11-18(16)21-4/h10-14,17,19H,5-9H2,1-4H3. The van der Waals surface area contributed by atoms with Gasteiger partial charge in [-0.05, 0) is 43.9 Å². The molecule has 0 spiro atoms. The fraction of sp³-hybridized carbons (Fsp3) is 0.667. The Morgan fingerprint density at radius 3 is 2.62 bits per heavy atom. The highest BCUT2D eigenvalue weighted by Gasteiger charge is 2.25. The molecule has 0 aliphatic heterocycles. The Labute approximate surface area is 129 Å². The van der Waals surface area contributed by atoms with Crippen molar-refractivity contribution in [2.45, 2.75) is 58.0 Å². The van der Waals surface area contributed by atoms with E-state index in [1.54, 1.807) is 14.2 Å². The summed E-state index contributed by atoms with van der Waals surface area (Å²) in [5.41, 5.74) is 1.18. The minimum Gasteiger partial charge on any atom is -0.497 e. The molecule has 0 heterocycles. The maximum absolute atomic E-state index is 5.51. The summed E-state index contributed by atoms with van der Waals surface area (Å²) in [5.74, 6) is 2.62. The lowest BCUT2D eigenvalue weighted by atomic mass is 9.82. The van der Waals surface area contributed by atoms with Crippen LogP contribution in [0.1, 0.15) is 57.6 Å². The monoisotopic (exact) mass is 291 g/mol. The first-order valence-corrected chi connectivity index (χ1v) is 8.17. The van der Waals surface area contributed by atoms with Crippen molar-refractivity contribution < 1.29 is 9.47 Å². The van der Waals surface area contributed by atoms with Crippen molar-refractivity contribution in [3.8, 4) is 11.5 Å². The molecular weight excluding hydrogens is 262 g/mol. The van der Waals surface area contributed by atoms with Crippen LogP contribution in [-0.4, -0.2) is 20.3 Å². The van der Waals surface area contributed by atoms with Crippen LogP contribution in [0.15, 0.2) is 18.2 Å². The molecule has 3 nitrogen and oxygen atoms in total. The van der Waals surface area contributed by atoms with E-state index in [1.807, 2.05) is 12.1 Å². The lowest BCUT2D eigenvalue weighted by Gasteiger charge is -2.34. The summed E-state index contributed by atoms with van der Waals surface area (Å²) >= 11 is 0. The fourth-order valence-electron chi connectivity index (χ4n) is 3.50. The van der Waals surface area contributed by atoms with Crippen LogP contribution in [0.5, 0.6) is 11.5 Å². The van der Waals surface area contributed by atoms with Gasteiger partial charge in [0.1, 0.15) is 11.5 Å². The summed E-state index contributed by atoms with van der Waals surface area (Å²) in [6.45, 7) is 4.53.